The van der Waals surface area contributed by atoms with Crippen LogP contribution in [0.1, 0.15) is 25.3 Å². The molecular formula is C19H20BrNO4. The van der Waals surface area contributed by atoms with Crippen LogP contribution in [0.4, 0.5) is 0 Å². The Balaban J connectivity index is 1.96. The van der Waals surface area contributed by atoms with Crippen molar-refractivity contribution in [2.75, 3.05) is 20.3 Å². The smallest absolute Gasteiger partial charge is 0.340 e. The van der Waals surface area contributed by atoms with E-state index in [2.05, 4.69) is 15.9 Å². The first-order valence-corrected chi connectivity index (χ1v) is 9.01. The molecule has 132 valence electrons. The van der Waals surface area contributed by atoms with E-state index in [9.17, 15) is 9.59 Å². The van der Waals surface area contributed by atoms with E-state index in [1.807, 2.05) is 24.3 Å². The molecule has 1 amide bonds. The molecule has 2 aliphatic rings. The standard InChI is InChI=1S/C19H20BrNO4/c1-12-17(19(23)24-2)16(10-13-5-7-14(20)8-6-13)18(22)21(12)11-15-4-3-9-25-15/h5-8,10,15H,3-4,9,11H2,1-2H3. The van der Waals surface area contributed by atoms with Crippen LogP contribution in [-0.2, 0) is 19.1 Å². The number of carbonyl (C=O) groups excluding carboxylic acids is 2. The predicted octanol–water partition coefficient (Wildman–Crippen LogP) is 3.30. The number of carbonyl (C=O) groups is 2. The Bertz CT molecular complexity index is 745. The maximum absolute atomic E-state index is 12.9. The molecule has 1 fully saturated rings. The van der Waals surface area contributed by atoms with Crippen LogP contribution in [0.25, 0.3) is 6.08 Å². The van der Waals surface area contributed by atoms with Gasteiger partial charge in [-0.05, 0) is 43.5 Å². The van der Waals surface area contributed by atoms with E-state index in [0.29, 0.717) is 23.4 Å². The molecular weight excluding hydrogens is 386 g/mol. The van der Waals surface area contributed by atoms with Crippen molar-refractivity contribution in [1.82, 2.24) is 4.90 Å². The van der Waals surface area contributed by atoms with Crippen molar-refractivity contribution in [3.8, 4) is 0 Å². The highest BCUT2D eigenvalue weighted by Crippen LogP contribution is 2.32. The molecule has 2 aliphatic heterocycles. The minimum atomic E-state index is -0.496. The highest BCUT2D eigenvalue weighted by atomic mass is 79.9. The summed E-state index contributed by atoms with van der Waals surface area (Å²) < 4.78 is 11.5. The Morgan fingerprint density at radius 2 is 2.12 bits per heavy atom. The average Bonchev–Trinajstić information content (AvgIpc) is 3.19. The lowest BCUT2D eigenvalue weighted by Gasteiger charge is -2.21. The van der Waals surface area contributed by atoms with E-state index >= 15 is 0 Å². The van der Waals surface area contributed by atoms with Gasteiger partial charge in [0.25, 0.3) is 5.91 Å². The largest absolute Gasteiger partial charge is 0.465 e. The van der Waals surface area contributed by atoms with Gasteiger partial charge in [0.15, 0.2) is 0 Å². The quantitative estimate of drug-likeness (QED) is 0.569. The Labute approximate surface area is 155 Å². The minimum Gasteiger partial charge on any atom is -0.465 e. The first-order chi connectivity index (χ1) is 12.0. The van der Waals surface area contributed by atoms with Crippen LogP contribution in [0.15, 0.2) is 45.6 Å². The van der Waals surface area contributed by atoms with Crippen molar-refractivity contribution in [3.63, 3.8) is 0 Å². The molecule has 0 N–H and O–H groups in total. The highest BCUT2D eigenvalue weighted by molar-refractivity contribution is 9.10. The minimum absolute atomic E-state index is 0.0184. The summed E-state index contributed by atoms with van der Waals surface area (Å²) in [6, 6.07) is 7.56. The molecule has 1 unspecified atom stereocenters. The van der Waals surface area contributed by atoms with Crippen LogP contribution in [0.3, 0.4) is 0 Å². The number of esters is 1. The lowest BCUT2D eigenvalue weighted by molar-refractivity contribution is -0.136. The van der Waals surface area contributed by atoms with Gasteiger partial charge in [0.05, 0.1) is 30.9 Å². The third-order valence-corrected chi connectivity index (χ3v) is 5.02. The SMILES string of the molecule is COC(=O)C1=C(C)N(CC2CCCO2)C(=O)C1=Cc1ccc(Br)cc1. The van der Waals surface area contributed by atoms with Gasteiger partial charge in [-0.15, -0.1) is 0 Å². The molecule has 25 heavy (non-hydrogen) atoms. The summed E-state index contributed by atoms with van der Waals surface area (Å²) in [6.07, 6.45) is 3.68. The molecule has 5 nitrogen and oxygen atoms in total. The van der Waals surface area contributed by atoms with E-state index in [-0.39, 0.29) is 12.0 Å². The number of halogens is 1. The lowest BCUT2D eigenvalue weighted by atomic mass is 10.0. The van der Waals surface area contributed by atoms with Gasteiger partial charge < -0.3 is 14.4 Å². The van der Waals surface area contributed by atoms with E-state index in [1.165, 1.54) is 7.11 Å². The number of ether oxygens (including phenoxy) is 2. The monoisotopic (exact) mass is 405 g/mol. The molecule has 0 bridgehead atoms. The summed E-state index contributed by atoms with van der Waals surface area (Å²) in [5, 5.41) is 0. The fourth-order valence-corrected chi connectivity index (χ4v) is 3.43. The van der Waals surface area contributed by atoms with E-state index in [1.54, 1.807) is 17.9 Å². The van der Waals surface area contributed by atoms with Crippen molar-refractivity contribution in [1.29, 1.82) is 0 Å². The molecule has 1 aromatic rings. The second-order valence-electron chi connectivity index (χ2n) is 6.11. The van der Waals surface area contributed by atoms with Crippen LogP contribution >= 0.6 is 15.9 Å². The summed E-state index contributed by atoms with van der Waals surface area (Å²) in [6.45, 7) is 2.96. The third-order valence-electron chi connectivity index (χ3n) is 4.49. The Kier molecular flexibility index (Phi) is 5.39. The van der Waals surface area contributed by atoms with Gasteiger partial charge in [0, 0.05) is 16.8 Å². The van der Waals surface area contributed by atoms with E-state index < -0.39 is 5.97 Å². The van der Waals surface area contributed by atoms with Crippen LogP contribution in [-0.4, -0.2) is 43.1 Å². The number of rotatable bonds is 4. The second-order valence-corrected chi connectivity index (χ2v) is 7.03. The number of allylic oxidation sites excluding steroid dienone is 1. The van der Waals surface area contributed by atoms with Crippen molar-refractivity contribution in [3.05, 3.63) is 51.1 Å². The summed E-state index contributed by atoms with van der Waals surface area (Å²) in [4.78, 5) is 26.9. The zero-order valence-electron chi connectivity index (χ0n) is 14.3. The predicted molar refractivity (Wildman–Crippen MR) is 97.5 cm³/mol. The molecule has 0 saturated carbocycles. The maximum atomic E-state index is 12.9. The molecule has 3 rings (SSSR count). The third kappa shape index (κ3) is 3.70. The number of hydrogen-bond donors (Lipinski definition) is 0. The van der Waals surface area contributed by atoms with Crippen molar-refractivity contribution in [2.45, 2.75) is 25.9 Å². The van der Waals surface area contributed by atoms with Gasteiger partial charge in [0.2, 0.25) is 0 Å². The summed E-state index contributed by atoms with van der Waals surface area (Å²) in [7, 11) is 1.33. The first kappa shape index (κ1) is 17.9. The molecule has 1 atom stereocenters. The number of hydrogen-bond acceptors (Lipinski definition) is 4. The molecule has 0 spiro atoms. The van der Waals surface area contributed by atoms with Gasteiger partial charge in [-0.3, -0.25) is 4.79 Å². The lowest BCUT2D eigenvalue weighted by Crippen LogP contribution is -2.33. The average molecular weight is 406 g/mol. The molecule has 0 radical (unpaired) electrons. The van der Waals surface area contributed by atoms with Gasteiger partial charge in [-0.1, -0.05) is 28.1 Å². The number of amides is 1. The van der Waals surface area contributed by atoms with Gasteiger partial charge in [-0.25, -0.2) is 4.79 Å². The molecule has 2 heterocycles. The zero-order valence-corrected chi connectivity index (χ0v) is 15.8. The molecule has 1 saturated heterocycles. The number of methoxy groups -OCH3 is 1. The van der Waals surface area contributed by atoms with Gasteiger partial charge >= 0.3 is 5.97 Å². The van der Waals surface area contributed by atoms with Crippen LogP contribution in [0.2, 0.25) is 0 Å². The summed E-state index contributed by atoms with van der Waals surface area (Å²) in [5.41, 5.74) is 2.16. The number of benzene rings is 1. The fraction of sp³-hybridized carbons (Fsp3) is 0.368. The van der Waals surface area contributed by atoms with Crippen LogP contribution in [0.5, 0.6) is 0 Å². The molecule has 1 aromatic carbocycles. The van der Waals surface area contributed by atoms with E-state index in [4.69, 9.17) is 9.47 Å². The van der Waals surface area contributed by atoms with Crippen LogP contribution in [0, 0.1) is 0 Å². The highest BCUT2D eigenvalue weighted by Gasteiger charge is 2.38. The van der Waals surface area contributed by atoms with Crippen molar-refractivity contribution in [2.24, 2.45) is 0 Å². The number of nitrogens with zero attached hydrogens (tertiary/aromatic N) is 1. The fourth-order valence-electron chi connectivity index (χ4n) is 3.17. The van der Waals surface area contributed by atoms with Crippen molar-refractivity contribution >= 4 is 33.9 Å². The Hall–Kier alpha value is -1.92. The normalized spacial score (nSPS) is 22.2. The Morgan fingerprint density at radius 1 is 1.40 bits per heavy atom. The van der Waals surface area contributed by atoms with Gasteiger partial charge in [-0.2, -0.15) is 0 Å². The topological polar surface area (TPSA) is 55.8 Å². The van der Waals surface area contributed by atoms with Gasteiger partial charge in [0.1, 0.15) is 0 Å². The first-order valence-electron chi connectivity index (χ1n) is 8.21. The summed E-state index contributed by atoms with van der Waals surface area (Å²) >= 11 is 3.39. The maximum Gasteiger partial charge on any atom is 0.340 e. The molecule has 6 heteroatoms. The second kappa shape index (κ2) is 7.54. The molecule has 0 aliphatic carbocycles. The van der Waals surface area contributed by atoms with Crippen molar-refractivity contribution < 1.29 is 19.1 Å². The summed E-state index contributed by atoms with van der Waals surface area (Å²) in [5.74, 6) is -0.680. The molecule has 0 aromatic heterocycles. The van der Waals surface area contributed by atoms with E-state index in [0.717, 1.165) is 29.5 Å². The van der Waals surface area contributed by atoms with Crippen LogP contribution < -0.4 is 0 Å². The zero-order chi connectivity index (χ0) is 18.0. The Morgan fingerprint density at radius 3 is 2.72 bits per heavy atom.